The van der Waals surface area contributed by atoms with Crippen molar-refractivity contribution in [3.63, 3.8) is 0 Å². The average molecular weight is 425 g/mol. The molecule has 1 atom stereocenters. The number of hydrogen-bond donors (Lipinski definition) is 1. The SMILES string of the molecule is C=C(NC(C)c1cccc(C(F)(F)F)c1)c1cccc2c1cnn2-c1ccc(F)cc1. The zero-order valence-corrected chi connectivity index (χ0v) is 16.6. The number of benzene rings is 3. The Bertz CT molecular complexity index is 1240. The molecule has 31 heavy (non-hydrogen) atoms. The van der Waals surface area contributed by atoms with Gasteiger partial charge in [-0.25, -0.2) is 9.07 Å². The lowest BCUT2D eigenvalue weighted by Gasteiger charge is -2.19. The third kappa shape index (κ3) is 4.17. The van der Waals surface area contributed by atoms with Crippen molar-refractivity contribution in [2.45, 2.75) is 19.1 Å². The van der Waals surface area contributed by atoms with Gasteiger partial charge in [0, 0.05) is 22.7 Å². The maximum atomic E-state index is 13.3. The number of rotatable bonds is 5. The Hall–Kier alpha value is -3.61. The predicted molar refractivity (Wildman–Crippen MR) is 113 cm³/mol. The molecule has 1 aromatic heterocycles. The van der Waals surface area contributed by atoms with Gasteiger partial charge >= 0.3 is 6.18 Å². The molecule has 1 unspecified atom stereocenters. The summed E-state index contributed by atoms with van der Waals surface area (Å²) in [6.07, 6.45) is -2.71. The summed E-state index contributed by atoms with van der Waals surface area (Å²) in [5, 5.41) is 8.43. The van der Waals surface area contributed by atoms with E-state index >= 15 is 0 Å². The van der Waals surface area contributed by atoms with Gasteiger partial charge in [0.1, 0.15) is 5.82 Å². The maximum Gasteiger partial charge on any atom is 0.416 e. The Kier molecular flexibility index (Phi) is 5.27. The van der Waals surface area contributed by atoms with E-state index in [1.165, 1.54) is 18.2 Å². The number of nitrogens with one attached hydrogen (secondary N) is 1. The molecule has 0 aliphatic rings. The van der Waals surface area contributed by atoms with Crippen LogP contribution in [0.3, 0.4) is 0 Å². The second-order valence-corrected chi connectivity index (χ2v) is 7.24. The van der Waals surface area contributed by atoms with E-state index in [1.807, 2.05) is 18.2 Å². The molecule has 0 spiro atoms. The number of alkyl halides is 3. The highest BCUT2D eigenvalue weighted by atomic mass is 19.4. The molecule has 0 saturated carbocycles. The Labute approximate surface area is 176 Å². The van der Waals surface area contributed by atoms with Gasteiger partial charge in [-0.1, -0.05) is 30.8 Å². The first-order valence-corrected chi connectivity index (χ1v) is 9.60. The molecule has 1 N–H and O–H groups in total. The van der Waals surface area contributed by atoms with Crippen LogP contribution in [-0.4, -0.2) is 9.78 Å². The van der Waals surface area contributed by atoms with Gasteiger partial charge < -0.3 is 5.32 Å². The highest BCUT2D eigenvalue weighted by Crippen LogP contribution is 2.32. The fourth-order valence-electron chi connectivity index (χ4n) is 3.51. The molecular weight excluding hydrogens is 406 g/mol. The van der Waals surface area contributed by atoms with Crippen LogP contribution >= 0.6 is 0 Å². The molecular formula is C24H19F4N3. The Morgan fingerprint density at radius 1 is 1.03 bits per heavy atom. The molecule has 0 saturated heterocycles. The molecule has 0 aliphatic heterocycles. The Morgan fingerprint density at radius 2 is 1.74 bits per heavy atom. The van der Waals surface area contributed by atoms with E-state index in [-0.39, 0.29) is 5.82 Å². The van der Waals surface area contributed by atoms with E-state index in [9.17, 15) is 17.6 Å². The van der Waals surface area contributed by atoms with Crippen molar-refractivity contribution >= 4 is 16.6 Å². The number of halogens is 4. The summed E-state index contributed by atoms with van der Waals surface area (Å²) in [6.45, 7) is 5.87. The largest absolute Gasteiger partial charge is 0.416 e. The quantitative estimate of drug-likeness (QED) is 0.370. The van der Waals surface area contributed by atoms with E-state index in [4.69, 9.17) is 0 Å². The molecule has 0 bridgehead atoms. The van der Waals surface area contributed by atoms with Crippen LogP contribution in [0.2, 0.25) is 0 Å². The van der Waals surface area contributed by atoms with E-state index in [1.54, 1.807) is 36.0 Å². The van der Waals surface area contributed by atoms with Gasteiger partial charge in [0.05, 0.1) is 23.0 Å². The highest BCUT2D eigenvalue weighted by molar-refractivity contribution is 5.91. The topological polar surface area (TPSA) is 29.9 Å². The van der Waals surface area contributed by atoms with Crippen LogP contribution < -0.4 is 5.32 Å². The van der Waals surface area contributed by atoms with E-state index in [0.29, 0.717) is 16.9 Å². The first-order chi connectivity index (χ1) is 14.7. The first-order valence-electron chi connectivity index (χ1n) is 9.60. The normalized spacial score (nSPS) is 12.7. The van der Waals surface area contributed by atoms with Gasteiger partial charge in [0.2, 0.25) is 0 Å². The van der Waals surface area contributed by atoms with Crippen molar-refractivity contribution in [2.24, 2.45) is 0 Å². The van der Waals surface area contributed by atoms with Crippen molar-refractivity contribution in [3.8, 4) is 5.69 Å². The smallest absolute Gasteiger partial charge is 0.378 e. The predicted octanol–water partition coefficient (Wildman–Crippen LogP) is 6.50. The van der Waals surface area contributed by atoms with Crippen molar-refractivity contribution in [3.05, 3.63) is 102 Å². The summed E-state index contributed by atoms with van der Waals surface area (Å²) < 4.78 is 54.0. The third-order valence-corrected chi connectivity index (χ3v) is 5.11. The van der Waals surface area contributed by atoms with Crippen molar-refractivity contribution in [1.82, 2.24) is 15.1 Å². The summed E-state index contributed by atoms with van der Waals surface area (Å²) in [7, 11) is 0. The highest BCUT2D eigenvalue weighted by Gasteiger charge is 2.30. The number of fused-ring (bicyclic) bond motifs is 1. The van der Waals surface area contributed by atoms with E-state index in [0.717, 1.165) is 28.6 Å². The van der Waals surface area contributed by atoms with Gasteiger partial charge in [-0.3, -0.25) is 0 Å². The summed E-state index contributed by atoms with van der Waals surface area (Å²) in [5.74, 6) is -0.331. The molecule has 4 rings (SSSR count). The van der Waals surface area contributed by atoms with Crippen LogP contribution in [0.1, 0.15) is 29.7 Å². The number of nitrogens with zero attached hydrogens (tertiary/aromatic N) is 2. The molecule has 3 nitrogen and oxygen atoms in total. The summed E-state index contributed by atoms with van der Waals surface area (Å²) >= 11 is 0. The fourth-order valence-corrected chi connectivity index (χ4v) is 3.51. The average Bonchev–Trinajstić information content (AvgIpc) is 3.18. The maximum absolute atomic E-state index is 13.3. The van der Waals surface area contributed by atoms with E-state index in [2.05, 4.69) is 17.0 Å². The lowest BCUT2D eigenvalue weighted by atomic mass is 10.0. The number of aromatic nitrogens is 2. The molecule has 158 valence electrons. The second kappa shape index (κ2) is 7.91. The van der Waals surface area contributed by atoms with Crippen LogP contribution in [0.25, 0.3) is 22.3 Å². The lowest BCUT2D eigenvalue weighted by Crippen LogP contribution is -2.17. The zero-order chi connectivity index (χ0) is 22.2. The molecule has 4 aromatic rings. The Morgan fingerprint density at radius 3 is 2.45 bits per heavy atom. The van der Waals surface area contributed by atoms with Crippen LogP contribution in [0.15, 0.2) is 79.5 Å². The minimum Gasteiger partial charge on any atom is -0.378 e. The molecule has 0 radical (unpaired) electrons. The molecule has 7 heteroatoms. The van der Waals surface area contributed by atoms with Crippen molar-refractivity contribution in [2.75, 3.05) is 0 Å². The zero-order valence-electron chi connectivity index (χ0n) is 16.6. The van der Waals surface area contributed by atoms with Crippen molar-refractivity contribution in [1.29, 1.82) is 0 Å². The summed E-state index contributed by atoms with van der Waals surface area (Å²) in [4.78, 5) is 0. The molecule has 3 aromatic carbocycles. The monoisotopic (exact) mass is 425 g/mol. The van der Waals surface area contributed by atoms with Gasteiger partial charge in [0.25, 0.3) is 0 Å². The minimum absolute atomic E-state index is 0.331. The molecule has 1 heterocycles. The second-order valence-electron chi connectivity index (χ2n) is 7.24. The third-order valence-electron chi connectivity index (χ3n) is 5.11. The fraction of sp³-hybridized carbons (Fsp3) is 0.125. The molecule has 0 fully saturated rings. The van der Waals surface area contributed by atoms with Gasteiger partial charge in [-0.05, 0) is 55.0 Å². The van der Waals surface area contributed by atoms with Gasteiger partial charge in [0.15, 0.2) is 0 Å². The van der Waals surface area contributed by atoms with Crippen LogP contribution in [0.4, 0.5) is 17.6 Å². The number of hydrogen-bond acceptors (Lipinski definition) is 2. The minimum atomic E-state index is -4.40. The summed E-state index contributed by atoms with van der Waals surface area (Å²) in [5.41, 5.74) is 2.68. The van der Waals surface area contributed by atoms with Crippen molar-refractivity contribution < 1.29 is 17.6 Å². The summed E-state index contributed by atoms with van der Waals surface area (Å²) in [6, 6.07) is 16.4. The first kappa shape index (κ1) is 20.7. The molecule has 0 amide bonds. The lowest BCUT2D eigenvalue weighted by molar-refractivity contribution is -0.137. The van der Waals surface area contributed by atoms with Crippen LogP contribution in [-0.2, 0) is 6.18 Å². The van der Waals surface area contributed by atoms with Crippen LogP contribution in [0.5, 0.6) is 0 Å². The van der Waals surface area contributed by atoms with E-state index < -0.39 is 17.8 Å². The van der Waals surface area contributed by atoms with Gasteiger partial charge in [-0.2, -0.15) is 18.3 Å². The standard InChI is InChI=1S/C24H19F4N3/c1-15(17-5-3-6-18(13-17)24(26,27)28)30-16(2)21-7-4-8-23-22(21)14-29-31(23)20-11-9-19(25)10-12-20/h3-15,30H,2H2,1H3. The molecule has 0 aliphatic carbocycles. The van der Waals surface area contributed by atoms with Gasteiger partial charge in [-0.15, -0.1) is 0 Å². The van der Waals surface area contributed by atoms with Crippen LogP contribution in [0, 0.1) is 5.82 Å². The Balaban J connectivity index is 1.62.